The molecule has 1 fully saturated rings. The molecule has 0 radical (unpaired) electrons. The van der Waals surface area contributed by atoms with Crippen LogP contribution in [0, 0.1) is 5.92 Å². The molecule has 0 unspecified atom stereocenters. The number of rotatable bonds is 2. The molecule has 17 heavy (non-hydrogen) atoms. The molecular formula is C15H24N2. The largest absolute Gasteiger partial charge is 0.370 e. The van der Waals surface area contributed by atoms with E-state index in [2.05, 4.69) is 42.8 Å². The number of anilines is 1. The van der Waals surface area contributed by atoms with Crippen LogP contribution in [-0.4, -0.2) is 18.1 Å². The lowest BCUT2D eigenvalue weighted by Crippen LogP contribution is -2.24. The first kappa shape index (κ1) is 12.4. The van der Waals surface area contributed by atoms with Crippen LogP contribution in [0.5, 0.6) is 0 Å². The Hall–Kier alpha value is -1.05. The van der Waals surface area contributed by atoms with Crippen LogP contribution in [0.1, 0.15) is 51.6 Å². The van der Waals surface area contributed by atoms with Crippen LogP contribution >= 0.6 is 0 Å². The topological polar surface area (TPSA) is 16.1 Å². The van der Waals surface area contributed by atoms with Gasteiger partial charge in [-0.1, -0.05) is 20.8 Å². The van der Waals surface area contributed by atoms with Crippen molar-refractivity contribution >= 4 is 5.69 Å². The van der Waals surface area contributed by atoms with Gasteiger partial charge in [0.15, 0.2) is 0 Å². The SMILES string of the molecule is CC(C)c1ccc(N2CCC[C@H](C)CC2)cn1. The van der Waals surface area contributed by atoms with E-state index in [0.717, 1.165) is 5.92 Å². The molecule has 1 aliphatic heterocycles. The lowest BCUT2D eigenvalue weighted by atomic mass is 10.0. The van der Waals surface area contributed by atoms with E-state index in [9.17, 15) is 0 Å². The zero-order valence-electron chi connectivity index (χ0n) is 11.3. The molecule has 2 rings (SSSR count). The van der Waals surface area contributed by atoms with Gasteiger partial charge >= 0.3 is 0 Å². The van der Waals surface area contributed by atoms with E-state index in [1.54, 1.807) is 0 Å². The zero-order valence-corrected chi connectivity index (χ0v) is 11.3. The summed E-state index contributed by atoms with van der Waals surface area (Å²) < 4.78 is 0. The smallest absolute Gasteiger partial charge is 0.0552 e. The maximum absolute atomic E-state index is 4.56. The number of aromatic nitrogens is 1. The summed E-state index contributed by atoms with van der Waals surface area (Å²) in [6.07, 6.45) is 6.04. The lowest BCUT2D eigenvalue weighted by molar-refractivity contribution is 0.521. The highest BCUT2D eigenvalue weighted by molar-refractivity contribution is 5.44. The molecule has 0 N–H and O–H groups in total. The first-order valence-electron chi connectivity index (χ1n) is 6.87. The lowest BCUT2D eigenvalue weighted by Gasteiger charge is -2.22. The molecule has 1 aliphatic rings. The monoisotopic (exact) mass is 232 g/mol. The van der Waals surface area contributed by atoms with Gasteiger partial charge in [-0.3, -0.25) is 4.98 Å². The Morgan fingerprint density at radius 2 is 2.06 bits per heavy atom. The third-order valence-electron chi connectivity index (χ3n) is 3.74. The fourth-order valence-electron chi connectivity index (χ4n) is 2.45. The summed E-state index contributed by atoms with van der Waals surface area (Å²) in [7, 11) is 0. The molecule has 2 heteroatoms. The van der Waals surface area contributed by atoms with E-state index in [4.69, 9.17) is 0 Å². The van der Waals surface area contributed by atoms with Gasteiger partial charge in [0.2, 0.25) is 0 Å². The summed E-state index contributed by atoms with van der Waals surface area (Å²) in [6, 6.07) is 4.41. The van der Waals surface area contributed by atoms with Gasteiger partial charge in [-0.2, -0.15) is 0 Å². The maximum Gasteiger partial charge on any atom is 0.0552 e. The number of nitrogens with zero attached hydrogens (tertiary/aromatic N) is 2. The van der Waals surface area contributed by atoms with E-state index in [-0.39, 0.29) is 0 Å². The molecule has 2 heterocycles. The number of hydrogen-bond donors (Lipinski definition) is 0. The van der Waals surface area contributed by atoms with Gasteiger partial charge in [0.05, 0.1) is 11.9 Å². The highest BCUT2D eigenvalue weighted by Crippen LogP contribution is 2.22. The predicted octanol–water partition coefficient (Wildman–Crippen LogP) is 3.83. The molecule has 1 aromatic heterocycles. The molecule has 0 aliphatic carbocycles. The Labute approximate surface area is 105 Å². The van der Waals surface area contributed by atoms with Crippen molar-refractivity contribution in [1.82, 2.24) is 4.98 Å². The second-order valence-electron chi connectivity index (χ2n) is 5.62. The zero-order chi connectivity index (χ0) is 12.3. The highest BCUT2D eigenvalue weighted by Gasteiger charge is 2.14. The maximum atomic E-state index is 4.56. The summed E-state index contributed by atoms with van der Waals surface area (Å²) in [4.78, 5) is 7.05. The van der Waals surface area contributed by atoms with Crippen molar-refractivity contribution < 1.29 is 0 Å². The Bertz CT molecular complexity index is 342. The van der Waals surface area contributed by atoms with Gasteiger partial charge in [0.1, 0.15) is 0 Å². The van der Waals surface area contributed by atoms with E-state index in [1.165, 1.54) is 43.7 Å². The summed E-state index contributed by atoms with van der Waals surface area (Å²) in [5.74, 6) is 1.40. The van der Waals surface area contributed by atoms with Crippen LogP contribution in [0.2, 0.25) is 0 Å². The van der Waals surface area contributed by atoms with Crippen molar-refractivity contribution in [2.24, 2.45) is 5.92 Å². The van der Waals surface area contributed by atoms with Gasteiger partial charge in [-0.25, -0.2) is 0 Å². The fraction of sp³-hybridized carbons (Fsp3) is 0.667. The molecule has 94 valence electrons. The van der Waals surface area contributed by atoms with Gasteiger partial charge in [0, 0.05) is 18.8 Å². The summed E-state index contributed by atoms with van der Waals surface area (Å²) in [6.45, 7) is 9.12. The molecule has 0 saturated carbocycles. The standard InChI is InChI=1S/C15H24N2/c1-12(2)15-7-6-14(11-16-15)17-9-4-5-13(3)8-10-17/h6-7,11-13H,4-5,8-10H2,1-3H3/t13-/m0/s1. The van der Waals surface area contributed by atoms with Gasteiger partial charge < -0.3 is 4.90 Å². The molecule has 1 saturated heterocycles. The molecule has 0 bridgehead atoms. The third kappa shape index (κ3) is 3.21. The van der Waals surface area contributed by atoms with Gasteiger partial charge in [-0.15, -0.1) is 0 Å². The van der Waals surface area contributed by atoms with Crippen LogP contribution in [0.25, 0.3) is 0 Å². The average molecular weight is 232 g/mol. The average Bonchev–Trinajstić information content (AvgIpc) is 2.54. The second kappa shape index (κ2) is 5.52. The van der Waals surface area contributed by atoms with E-state index in [1.807, 2.05) is 6.20 Å². The molecule has 1 atom stereocenters. The van der Waals surface area contributed by atoms with Crippen LogP contribution in [0.3, 0.4) is 0 Å². The summed E-state index contributed by atoms with van der Waals surface area (Å²) >= 11 is 0. The predicted molar refractivity (Wildman–Crippen MR) is 73.6 cm³/mol. The number of pyridine rings is 1. The van der Waals surface area contributed by atoms with Crippen molar-refractivity contribution in [3.05, 3.63) is 24.0 Å². The molecule has 0 aromatic carbocycles. The molecule has 0 spiro atoms. The molecule has 1 aromatic rings. The second-order valence-corrected chi connectivity index (χ2v) is 5.62. The van der Waals surface area contributed by atoms with Crippen molar-refractivity contribution in [1.29, 1.82) is 0 Å². The quantitative estimate of drug-likeness (QED) is 0.770. The summed E-state index contributed by atoms with van der Waals surface area (Å²) in [5, 5.41) is 0. The first-order valence-corrected chi connectivity index (χ1v) is 6.87. The van der Waals surface area contributed by atoms with E-state index in [0.29, 0.717) is 5.92 Å². The van der Waals surface area contributed by atoms with Crippen molar-refractivity contribution in [2.75, 3.05) is 18.0 Å². The minimum absolute atomic E-state index is 0.521. The Morgan fingerprint density at radius 1 is 1.24 bits per heavy atom. The highest BCUT2D eigenvalue weighted by atomic mass is 15.1. The third-order valence-corrected chi connectivity index (χ3v) is 3.74. The number of hydrogen-bond acceptors (Lipinski definition) is 2. The normalized spacial score (nSPS) is 21.6. The molecule has 0 amide bonds. The minimum atomic E-state index is 0.521. The first-order chi connectivity index (χ1) is 8.16. The summed E-state index contributed by atoms with van der Waals surface area (Å²) in [5.41, 5.74) is 2.49. The Kier molecular flexibility index (Phi) is 4.03. The van der Waals surface area contributed by atoms with E-state index < -0.39 is 0 Å². The van der Waals surface area contributed by atoms with Gasteiger partial charge in [0.25, 0.3) is 0 Å². The van der Waals surface area contributed by atoms with Crippen LogP contribution in [0.15, 0.2) is 18.3 Å². The minimum Gasteiger partial charge on any atom is -0.370 e. The molecule has 2 nitrogen and oxygen atoms in total. The van der Waals surface area contributed by atoms with Crippen molar-refractivity contribution in [3.63, 3.8) is 0 Å². The Morgan fingerprint density at radius 3 is 2.71 bits per heavy atom. The van der Waals surface area contributed by atoms with Crippen LogP contribution < -0.4 is 4.90 Å². The van der Waals surface area contributed by atoms with Gasteiger partial charge in [-0.05, 0) is 43.2 Å². The van der Waals surface area contributed by atoms with E-state index >= 15 is 0 Å². The molecular weight excluding hydrogens is 208 g/mol. The van der Waals surface area contributed by atoms with Crippen LogP contribution in [0.4, 0.5) is 5.69 Å². The van der Waals surface area contributed by atoms with Crippen molar-refractivity contribution in [3.8, 4) is 0 Å². The van der Waals surface area contributed by atoms with Crippen molar-refractivity contribution in [2.45, 2.75) is 46.0 Å². The van der Waals surface area contributed by atoms with Crippen LogP contribution in [-0.2, 0) is 0 Å². The Balaban J connectivity index is 2.06. The fourth-order valence-corrected chi connectivity index (χ4v) is 2.45.